The Labute approximate surface area is 117 Å². The summed E-state index contributed by atoms with van der Waals surface area (Å²) in [6.45, 7) is 3.85. The molecule has 1 saturated heterocycles. The van der Waals surface area contributed by atoms with Gasteiger partial charge in [-0.3, -0.25) is 0 Å². The first-order valence-corrected chi connectivity index (χ1v) is 7.74. The first-order chi connectivity index (χ1) is 9.33. The predicted octanol–water partition coefficient (Wildman–Crippen LogP) is 1.05. The number of aromatic carboxylic acids is 1. The Kier molecular flexibility index (Phi) is 4.17. The normalized spacial score (nSPS) is 17.3. The highest BCUT2D eigenvalue weighted by Gasteiger charge is 2.32. The molecule has 2 N–H and O–H groups in total. The minimum atomic E-state index is -3.93. The van der Waals surface area contributed by atoms with Crippen molar-refractivity contribution in [2.75, 3.05) is 13.2 Å². The Morgan fingerprint density at radius 2 is 1.85 bits per heavy atom. The van der Waals surface area contributed by atoms with Gasteiger partial charge in [-0.2, -0.15) is 0 Å². The van der Waals surface area contributed by atoms with Crippen LogP contribution >= 0.6 is 0 Å². The minimum absolute atomic E-state index is 0.0828. The maximum atomic E-state index is 12.4. The molecule has 0 spiro atoms. The zero-order valence-electron chi connectivity index (χ0n) is 11.3. The van der Waals surface area contributed by atoms with E-state index >= 15 is 0 Å². The molecule has 0 aliphatic carbocycles. The van der Waals surface area contributed by atoms with Gasteiger partial charge in [-0.25, -0.2) is 17.9 Å². The molecule has 1 fully saturated rings. The summed E-state index contributed by atoms with van der Waals surface area (Å²) < 4.78 is 37.6. The summed E-state index contributed by atoms with van der Waals surface area (Å²) in [6, 6.07) is -0.245. The smallest absolute Gasteiger partial charge is 0.340 e. The second kappa shape index (κ2) is 5.55. The Hall–Kier alpha value is -1.38. The molecular formula is C12H17NO6S. The van der Waals surface area contributed by atoms with E-state index in [1.54, 1.807) is 0 Å². The van der Waals surface area contributed by atoms with Crippen molar-refractivity contribution in [1.29, 1.82) is 0 Å². The third-order valence-corrected chi connectivity index (χ3v) is 4.90. The van der Waals surface area contributed by atoms with Crippen molar-refractivity contribution in [3.8, 4) is 0 Å². The third-order valence-electron chi connectivity index (χ3n) is 3.23. The maximum absolute atomic E-state index is 12.4. The van der Waals surface area contributed by atoms with Crippen molar-refractivity contribution in [2.45, 2.75) is 37.6 Å². The van der Waals surface area contributed by atoms with E-state index < -0.39 is 16.0 Å². The Morgan fingerprint density at radius 3 is 2.40 bits per heavy atom. The van der Waals surface area contributed by atoms with Gasteiger partial charge in [-0.1, -0.05) is 0 Å². The monoisotopic (exact) mass is 303 g/mol. The highest BCUT2D eigenvalue weighted by atomic mass is 32.2. The third kappa shape index (κ3) is 2.87. The van der Waals surface area contributed by atoms with Gasteiger partial charge in [0.05, 0.1) is 0 Å². The number of rotatable bonds is 4. The molecule has 7 nitrogen and oxygen atoms in total. The van der Waals surface area contributed by atoms with Crippen LogP contribution in [0.25, 0.3) is 0 Å². The number of furan rings is 1. The lowest BCUT2D eigenvalue weighted by molar-refractivity contribution is 0.0690. The van der Waals surface area contributed by atoms with E-state index in [2.05, 4.69) is 4.72 Å². The SMILES string of the molecule is Cc1oc(C)c(S(=O)(=O)NC2CCOCC2)c1C(=O)O. The Balaban J connectivity index is 2.36. The van der Waals surface area contributed by atoms with Gasteiger partial charge in [-0.05, 0) is 26.7 Å². The van der Waals surface area contributed by atoms with Crippen LogP contribution in [0.3, 0.4) is 0 Å². The Morgan fingerprint density at radius 1 is 1.25 bits per heavy atom. The van der Waals surface area contributed by atoms with Crippen LogP contribution in [0.5, 0.6) is 0 Å². The molecule has 112 valence electrons. The second-order valence-electron chi connectivity index (χ2n) is 4.73. The van der Waals surface area contributed by atoms with Crippen molar-refractivity contribution < 1.29 is 27.5 Å². The highest BCUT2D eigenvalue weighted by molar-refractivity contribution is 7.89. The van der Waals surface area contributed by atoms with Crippen LogP contribution in [-0.2, 0) is 14.8 Å². The zero-order chi connectivity index (χ0) is 14.9. The van der Waals surface area contributed by atoms with Crippen molar-refractivity contribution in [3.05, 3.63) is 17.1 Å². The standard InChI is InChI=1S/C12H17NO6S/c1-7-10(12(14)15)11(8(2)19-7)20(16,17)13-9-3-5-18-6-4-9/h9,13H,3-6H2,1-2H3,(H,14,15). The van der Waals surface area contributed by atoms with Crippen molar-refractivity contribution >= 4 is 16.0 Å². The molecule has 0 unspecified atom stereocenters. The molecule has 2 heterocycles. The number of carbonyl (C=O) groups is 1. The van der Waals surface area contributed by atoms with E-state index in [9.17, 15) is 13.2 Å². The van der Waals surface area contributed by atoms with Crippen LogP contribution in [0.4, 0.5) is 0 Å². The van der Waals surface area contributed by atoms with Crippen LogP contribution in [0.1, 0.15) is 34.7 Å². The van der Waals surface area contributed by atoms with E-state index in [1.165, 1.54) is 13.8 Å². The Bertz CT molecular complexity index is 612. The summed E-state index contributed by atoms with van der Waals surface area (Å²) >= 11 is 0. The number of sulfonamides is 1. The average Bonchev–Trinajstić information content (AvgIpc) is 2.65. The van der Waals surface area contributed by atoms with E-state index in [0.717, 1.165) is 0 Å². The lowest BCUT2D eigenvalue weighted by Gasteiger charge is -2.22. The molecule has 2 rings (SSSR count). The summed E-state index contributed by atoms with van der Waals surface area (Å²) in [6.07, 6.45) is 1.13. The molecular weight excluding hydrogens is 286 g/mol. The van der Waals surface area contributed by atoms with Gasteiger partial charge in [0.25, 0.3) is 0 Å². The summed E-state index contributed by atoms with van der Waals surface area (Å²) in [7, 11) is -3.93. The zero-order valence-corrected chi connectivity index (χ0v) is 12.1. The van der Waals surface area contributed by atoms with Crippen molar-refractivity contribution in [1.82, 2.24) is 4.72 Å². The van der Waals surface area contributed by atoms with Gasteiger partial charge in [-0.15, -0.1) is 0 Å². The summed E-state index contributed by atoms with van der Waals surface area (Å²) in [4.78, 5) is 10.9. The lowest BCUT2D eigenvalue weighted by atomic mass is 10.1. The summed E-state index contributed by atoms with van der Waals surface area (Å²) in [5.74, 6) is -1.14. The fraction of sp³-hybridized carbons (Fsp3) is 0.583. The molecule has 0 aromatic carbocycles. The van der Waals surface area contributed by atoms with Crippen LogP contribution in [-0.4, -0.2) is 38.7 Å². The van der Waals surface area contributed by atoms with Crippen LogP contribution in [0, 0.1) is 13.8 Å². The van der Waals surface area contributed by atoms with Gasteiger partial charge in [0.15, 0.2) is 0 Å². The summed E-state index contributed by atoms with van der Waals surface area (Å²) in [5, 5.41) is 9.16. The van der Waals surface area contributed by atoms with Crippen LogP contribution in [0.2, 0.25) is 0 Å². The van der Waals surface area contributed by atoms with E-state index in [0.29, 0.717) is 26.1 Å². The first kappa shape index (κ1) is 15.0. The number of hydrogen-bond acceptors (Lipinski definition) is 5. The molecule has 1 aromatic rings. The maximum Gasteiger partial charge on any atom is 0.340 e. The predicted molar refractivity (Wildman–Crippen MR) is 69.3 cm³/mol. The highest BCUT2D eigenvalue weighted by Crippen LogP contribution is 2.27. The molecule has 1 aromatic heterocycles. The quantitative estimate of drug-likeness (QED) is 0.861. The number of ether oxygens (including phenoxy) is 1. The molecule has 0 bridgehead atoms. The molecule has 0 radical (unpaired) electrons. The largest absolute Gasteiger partial charge is 0.478 e. The van der Waals surface area contributed by atoms with Gasteiger partial charge >= 0.3 is 5.97 Å². The molecule has 0 atom stereocenters. The van der Waals surface area contributed by atoms with Gasteiger partial charge in [0, 0.05) is 19.3 Å². The number of aryl methyl sites for hydroxylation is 2. The second-order valence-corrected chi connectivity index (χ2v) is 6.38. The fourth-order valence-electron chi connectivity index (χ4n) is 2.33. The van der Waals surface area contributed by atoms with E-state index in [4.69, 9.17) is 14.3 Å². The van der Waals surface area contributed by atoms with Crippen molar-refractivity contribution in [2.24, 2.45) is 0 Å². The molecule has 0 amide bonds. The minimum Gasteiger partial charge on any atom is -0.478 e. The number of hydrogen-bond donors (Lipinski definition) is 2. The van der Waals surface area contributed by atoms with Gasteiger partial charge in [0.2, 0.25) is 10.0 Å². The van der Waals surface area contributed by atoms with Gasteiger partial charge in [0.1, 0.15) is 22.0 Å². The van der Waals surface area contributed by atoms with E-state index in [-0.39, 0.29) is 28.0 Å². The number of carboxylic acid groups (broad SMARTS) is 1. The van der Waals surface area contributed by atoms with Crippen molar-refractivity contribution in [3.63, 3.8) is 0 Å². The number of nitrogens with one attached hydrogen (secondary N) is 1. The lowest BCUT2D eigenvalue weighted by Crippen LogP contribution is -2.39. The average molecular weight is 303 g/mol. The molecule has 20 heavy (non-hydrogen) atoms. The molecule has 1 aliphatic heterocycles. The summed E-state index contributed by atoms with van der Waals surface area (Å²) in [5.41, 5.74) is -0.304. The first-order valence-electron chi connectivity index (χ1n) is 6.26. The topological polar surface area (TPSA) is 106 Å². The van der Waals surface area contributed by atoms with Gasteiger partial charge < -0.3 is 14.3 Å². The molecule has 1 aliphatic rings. The molecule has 0 saturated carbocycles. The fourth-order valence-corrected chi connectivity index (χ4v) is 4.04. The number of carboxylic acids is 1. The van der Waals surface area contributed by atoms with Crippen LogP contribution < -0.4 is 4.72 Å². The van der Waals surface area contributed by atoms with Crippen LogP contribution in [0.15, 0.2) is 9.31 Å². The van der Waals surface area contributed by atoms with E-state index in [1.807, 2.05) is 0 Å². The molecule has 8 heteroatoms.